The Morgan fingerprint density at radius 1 is 1.33 bits per heavy atom. The first kappa shape index (κ1) is 15.3. The lowest BCUT2D eigenvalue weighted by Crippen LogP contribution is -2.47. The van der Waals surface area contributed by atoms with Gasteiger partial charge >= 0.3 is 0 Å². The number of rotatable bonds is 3. The minimum atomic E-state index is -3.21. The van der Waals surface area contributed by atoms with Gasteiger partial charge in [0.15, 0.2) is 0 Å². The number of aromatic amines is 1. The second-order valence-electron chi connectivity index (χ2n) is 6.27. The van der Waals surface area contributed by atoms with Gasteiger partial charge in [0.2, 0.25) is 10.0 Å². The Kier molecular flexibility index (Phi) is 3.65. The highest BCUT2D eigenvalue weighted by Gasteiger charge is 2.25. The number of nitrogens with one attached hydrogen (secondary N) is 2. The molecule has 1 fully saturated rings. The van der Waals surface area contributed by atoms with Crippen LogP contribution in [-0.4, -0.2) is 48.8 Å². The third kappa shape index (κ3) is 2.83. The molecular weight excluding hydrogens is 326 g/mol. The Morgan fingerprint density at radius 3 is 3.04 bits per heavy atom. The van der Waals surface area contributed by atoms with E-state index in [0.717, 1.165) is 47.0 Å². The van der Waals surface area contributed by atoms with Crippen LogP contribution in [0.3, 0.4) is 0 Å². The molecule has 3 aromatic heterocycles. The van der Waals surface area contributed by atoms with Crippen LogP contribution in [0.15, 0.2) is 30.7 Å². The molecule has 24 heavy (non-hydrogen) atoms. The van der Waals surface area contributed by atoms with Crippen LogP contribution in [0.25, 0.3) is 21.8 Å². The van der Waals surface area contributed by atoms with Gasteiger partial charge in [0, 0.05) is 53.9 Å². The fourth-order valence-electron chi connectivity index (χ4n) is 3.46. The van der Waals surface area contributed by atoms with E-state index < -0.39 is 10.0 Å². The van der Waals surface area contributed by atoms with E-state index in [9.17, 15) is 8.42 Å². The van der Waals surface area contributed by atoms with Crippen molar-refractivity contribution in [2.75, 3.05) is 24.2 Å². The van der Waals surface area contributed by atoms with Gasteiger partial charge < -0.3 is 9.88 Å². The second kappa shape index (κ2) is 5.71. The van der Waals surface area contributed by atoms with Crippen molar-refractivity contribution in [3.8, 4) is 0 Å². The average Bonchev–Trinajstić information content (AvgIpc) is 3.01. The van der Waals surface area contributed by atoms with E-state index in [0.29, 0.717) is 6.54 Å². The van der Waals surface area contributed by atoms with Crippen molar-refractivity contribution in [1.82, 2.24) is 19.7 Å². The van der Waals surface area contributed by atoms with E-state index in [4.69, 9.17) is 0 Å². The Hall–Kier alpha value is -2.19. The van der Waals surface area contributed by atoms with Gasteiger partial charge in [0.1, 0.15) is 11.5 Å². The van der Waals surface area contributed by atoms with Crippen LogP contribution < -0.4 is 9.62 Å². The fraction of sp³-hybridized carbons (Fsp3) is 0.375. The standard InChI is InChI=1S/C16H19N5O2S/c1-24(22,23)20-12-3-2-8-21(10-12)16-14-11(4-6-18-16)9-19-15-13(14)5-7-17-15/h4-7,9,12,20H,2-3,8,10H2,1H3,(H,17,19). The van der Waals surface area contributed by atoms with Crippen molar-refractivity contribution in [2.24, 2.45) is 0 Å². The topological polar surface area (TPSA) is 91.0 Å². The minimum absolute atomic E-state index is 0.0886. The molecule has 1 unspecified atom stereocenters. The Bertz CT molecular complexity index is 998. The van der Waals surface area contributed by atoms with Crippen molar-refractivity contribution in [2.45, 2.75) is 18.9 Å². The molecule has 0 aromatic carbocycles. The summed E-state index contributed by atoms with van der Waals surface area (Å²) in [5, 5.41) is 3.13. The maximum Gasteiger partial charge on any atom is 0.209 e. The molecule has 0 saturated carbocycles. The molecule has 1 atom stereocenters. The summed E-state index contributed by atoms with van der Waals surface area (Å²) >= 11 is 0. The van der Waals surface area contributed by atoms with Gasteiger partial charge in [-0.3, -0.25) is 0 Å². The molecule has 7 nitrogen and oxygen atoms in total. The maximum absolute atomic E-state index is 11.5. The van der Waals surface area contributed by atoms with Gasteiger partial charge in [-0.2, -0.15) is 0 Å². The number of anilines is 1. The quantitative estimate of drug-likeness (QED) is 0.753. The van der Waals surface area contributed by atoms with E-state index in [1.54, 1.807) is 6.20 Å². The molecule has 0 radical (unpaired) electrons. The molecule has 126 valence electrons. The lowest BCUT2D eigenvalue weighted by atomic mass is 10.1. The average molecular weight is 345 g/mol. The normalized spacial score (nSPS) is 19.2. The van der Waals surface area contributed by atoms with Gasteiger partial charge in [0.25, 0.3) is 0 Å². The van der Waals surface area contributed by atoms with Crippen LogP contribution in [0.2, 0.25) is 0 Å². The molecule has 1 aliphatic rings. The van der Waals surface area contributed by atoms with Crippen LogP contribution in [0, 0.1) is 0 Å². The Labute approximate surface area is 140 Å². The van der Waals surface area contributed by atoms with Crippen LogP contribution in [-0.2, 0) is 10.0 Å². The van der Waals surface area contributed by atoms with Gasteiger partial charge in [-0.15, -0.1) is 0 Å². The van der Waals surface area contributed by atoms with Crippen molar-refractivity contribution >= 4 is 37.6 Å². The van der Waals surface area contributed by atoms with Crippen LogP contribution >= 0.6 is 0 Å². The number of H-pyrrole nitrogens is 1. The molecule has 0 aliphatic carbocycles. The summed E-state index contributed by atoms with van der Waals surface area (Å²) in [6.07, 6.45) is 8.47. The van der Waals surface area contributed by atoms with Crippen molar-refractivity contribution < 1.29 is 8.42 Å². The summed E-state index contributed by atoms with van der Waals surface area (Å²) in [5.41, 5.74) is 0.833. The predicted molar refractivity (Wildman–Crippen MR) is 94.6 cm³/mol. The first-order valence-electron chi connectivity index (χ1n) is 7.94. The fourth-order valence-corrected chi connectivity index (χ4v) is 4.26. The molecule has 0 bridgehead atoms. The summed E-state index contributed by atoms with van der Waals surface area (Å²) in [6, 6.07) is 3.87. The molecule has 1 saturated heterocycles. The number of hydrogen-bond acceptors (Lipinski definition) is 5. The van der Waals surface area contributed by atoms with Gasteiger partial charge in [-0.05, 0) is 25.0 Å². The lowest BCUT2D eigenvalue weighted by Gasteiger charge is -2.34. The molecule has 2 N–H and O–H groups in total. The minimum Gasteiger partial charge on any atom is -0.354 e. The summed E-state index contributed by atoms with van der Waals surface area (Å²) in [5.74, 6) is 0.888. The van der Waals surface area contributed by atoms with Crippen LogP contribution in [0.4, 0.5) is 5.82 Å². The highest BCUT2D eigenvalue weighted by Crippen LogP contribution is 2.31. The van der Waals surface area contributed by atoms with Crippen molar-refractivity contribution in [3.63, 3.8) is 0 Å². The summed E-state index contributed by atoms with van der Waals surface area (Å²) in [6.45, 7) is 1.48. The first-order valence-corrected chi connectivity index (χ1v) is 9.83. The SMILES string of the molecule is CS(=O)(=O)NC1CCCN(c2nccc3cnc4[nH]ccc4c23)C1. The summed E-state index contributed by atoms with van der Waals surface area (Å²) in [7, 11) is -3.21. The van der Waals surface area contributed by atoms with Crippen molar-refractivity contribution in [3.05, 3.63) is 30.7 Å². The molecule has 0 spiro atoms. The second-order valence-corrected chi connectivity index (χ2v) is 8.05. The molecule has 3 aromatic rings. The smallest absolute Gasteiger partial charge is 0.209 e. The van der Waals surface area contributed by atoms with Crippen LogP contribution in [0.1, 0.15) is 12.8 Å². The molecule has 0 amide bonds. The third-order valence-electron chi connectivity index (χ3n) is 4.39. The largest absolute Gasteiger partial charge is 0.354 e. The number of aromatic nitrogens is 3. The van der Waals surface area contributed by atoms with Gasteiger partial charge in [0.05, 0.1) is 6.26 Å². The zero-order valence-corrected chi connectivity index (χ0v) is 14.2. The number of hydrogen-bond donors (Lipinski definition) is 2. The Balaban J connectivity index is 1.77. The van der Waals surface area contributed by atoms with E-state index in [-0.39, 0.29) is 6.04 Å². The zero-order valence-electron chi connectivity index (χ0n) is 13.4. The highest BCUT2D eigenvalue weighted by molar-refractivity contribution is 7.88. The number of fused-ring (bicyclic) bond motifs is 3. The monoisotopic (exact) mass is 345 g/mol. The maximum atomic E-state index is 11.5. The highest BCUT2D eigenvalue weighted by atomic mass is 32.2. The first-order chi connectivity index (χ1) is 11.5. The molecular formula is C16H19N5O2S. The lowest BCUT2D eigenvalue weighted by molar-refractivity contribution is 0.466. The predicted octanol–water partition coefficient (Wildman–Crippen LogP) is 1.63. The number of piperidine rings is 1. The van der Waals surface area contributed by atoms with Crippen molar-refractivity contribution in [1.29, 1.82) is 0 Å². The summed E-state index contributed by atoms with van der Waals surface area (Å²) in [4.78, 5) is 14.3. The molecule has 4 rings (SSSR count). The number of pyridine rings is 2. The number of nitrogens with zero attached hydrogens (tertiary/aromatic N) is 3. The van der Waals surface area contributed by atoms with E-state index in [1.807, 2.05) is 24.5 Å². The zero-order chi connectivity index (χ0) is 16.7. The number of sulfonamides is 1. The third-order valence-corrected chi connectivity index (χ3v) is 5.15. The Morgan fingerprint density at radius 2 is 2.21 bits per heavy atom. The van der Waals surface area contributed by atoms with Gasteiger partial charge in [-0.25, -0.2) is 23.1 Å². The van der Waals surface area contributed by atoms with Crippen LogP contribution in [0.5, 0.6) is 0 Å². The van der Waals surface area contributed by atoms with E-state index >= 15 is 0 Å². The van der Waals surface area contributed by atoms with E-state index in [2.05, 4.69) is 24.6 Å². The summed E-state index contributed by atoms with van der Waals surface area (Å²) < 4.78 is 25.8. The molecule has 8 heteroatoms. The van der Waals surface area contributed by atoms with Gasteiger partial charge in [-0.1, -0.05) is 0 Å². The van der Waals surface area contributed by atoms with E-state index in [1.165, 1.54) is 6.26 Å². The molecule has 4 heterocycles. The molecule has 1 aliphatic heterocycles.